The molecule has 1 N–H and O–H groups in total. The van der Waals surface area contributed by atoms with E-state index in [1.807, 2.05) is 0 Å². The number of hydrogen-bond acceptors (Lipinski definition) is 5. The van der Waals surface area contributed by atoms with Crippen LogP contribution in [-0.4, -0.2) is 28.9 Å². The summed E-state index contributed by atoms with van der Waals surface area (Å²) in [6, 6.07) is 15.9. The summed E-state index contributed by atoms with van der Waals surface area (Å²) >= 11 is 0. The third-order valence-corrected chi connectivity index (χ3v) is 4.88. The van der Waals surface area contributed by atoms with E-state index in [0.717, 1.165) is 0 Å². The molecule has 4 rings (SSSR count). The van der Waals surface area contributed by atoms with Crippen molar-refractivity contribution in [2.45, 2.75) is 6.04 Å². The van der Waals surface area contributed by atoms with Crippen molar-refractivity contribution in [3.63, 3.8) is 0 Å². The smallest absolute Gasteiger partial charge is 0.300 e. The molecule has 2 aromatic carbocycles. The zero-order valence-corrected chi connectivity index (χ0v) is 15.9. The number of halogens is 1. The summed E-state index contributed by atoms with van der Waals surface area (Å²) in [5, 5.41) is 11.1. The second kappa shape index (κ2) is 7.79. The first kappa shape index (κ1) is 19.3. The molecule has 0 spiro atoms. The molecule has 0 saturated carbocycles. The summed E-state index contributed by atoms with van der Waals surface area (Å²) < 4.78 is 18.7. The van der Waals surface area contributed by atoms with Crippen LogP contribution in [0.5, 0.6) is 5.75 Å². The number of amides is 1. The van der Waals surface area contributed by atoms with Gasteiger partial charge in [0.05, 0.1) is 23.9 Å². The Morgan fingerprint density at radius 3 is 2.40 bits per heavy atom. The van der Waals surface area contributed by atoms with Gasteiger partial charge >= 0.3 is 0 Å². The number of ketones is 1. The molecule has 1 amide bonds. The van der Waals surface area contributed by atoms with Crippen LogP contribution < -0.4 is 9.64 Å². The van der Waals surface area contributed by atoms with Crippen molar-refractivity contribution in [3.05, 3.63) is 95.6 Å². The van der Waals surface area contributed by atoms with Crippen LogP contribution in [0.1, 0.15) is 17.3 Å². The summed E-state index contributed by atoms with van der Waals surface area (Å²) in [5.74, 6) is -2.19. The number of aliphatic hydroxyl groups is 1. The number of anilines is 1. The fourth-order valence-corrected chi connectivity index (χ4v) is 3.50. The van der Waals surface area contributed by atoms with Crippen LogP contribution in [0.2, 0.25) is 0 Å². The maximum Gasteiger partial charge on any atom is 0.300 e. The number of methoxy groups -OCH3 is 1. The van der Waals surface area contributed by atoms with Gasteiger partial charge in [0.25, 0.3) is 11.7 Å². The molecule has 0 radical (unpaired) electrons. The molecule has 1 atom stereocenters. The Bertz CT molecular complexity index is 1140. The largest absolute Gasteiger partial charge is 0.507 e. The van der Waals surface area contributed by atoms with Gasteiger partial charge in [0, 0.05) is 11.9 Å². The summed E-state index contributed by atoms with van der Waals surface area (Å²) in [5.41, 5.74) is 0.858. The van der Waals surface area contributed by atoms with E-state index in [0.29, 0.717) is 17.1 Å². The lowest BCUT2D eigenvalue weighted by Gasteiger charge is -2.24. The van der Waals surface area contributed by atoms with Crippen LogP contribution in [0.4, 0.5) is 10.1 Å². The van der Waals surface area contributed by atoms with E-state index in [4.69, 9.17) is 4.74 Å². The zero-order valence-electron chi connectivity index (χ0n) is 15.9. The molecule has 6 nitrogen and oxygen atoms in total. The maximum absolute atomic E-state index is 13.4. The molecular weight excluding hydrogens is 387 g/mol. The molecule has 1 unspecified atom stereocenters. The third kappa shape index (κ3) is 3.20. The van der Waals surface area contributed by atoms with Crippen molar-refractivity contribution >= 4 is 23.1 Å². The molecular formula is C23H17FN2O4. The van der Waals surface area contributed by atoms with E-state index in [9.17, 15) is 19.1 Å². The molecule has 3 aromatic rings. The number of carbonyl (C=O) groups excluding carboxylic acids is 2. The Morgan fingerprint density at radius 2 is 1.73 bits per heavy atom. The highest BCUT2D eigenvalue weighted by molar-refractivity contribution is 6.51. The molecule has 2 heterocycles. The number of carbonyl (C=O) groups is 2. The molecule has 0 bridgehead atoms. The van der Waals surface area contributed by atoms with E-state index in [-0.39, 0.29) is 16.9 Å². The zero-order chi connectivity index (χ0) is 21.3. The molecule has 7 heteroatoms. The number of aromatic nitrogens is 1. The summed E-state index contributed by atoms with van der Waals surface area (Å²) in [6.07, 6.45) is 1.53. The van der Waals surface area contributed by atoms with Crippen molar-refractivity contribution in [2.75, 3.05) is 12.0 Å². The number of Topliss-reactive ketones (excluding diaryl/α,β-unsaturated/α-hetero) is 1. The minimum absolute atomic E-state index is 0.118. The number of hydrogen-bond donors (Lipinski definition) is 1. The van der Waals surface area contributed by atoms with E-state index in [1.165, 1.54) is 42.5 Å². The van der Waals surface area contributed by atoms with E-state index >= 15 is 0 Å². The van der Waals surface area contributed by atoms with E-state index in [1.54, 1.807) is 42.5 Å². The van der Waals surface area contributed by atoms with Crippen molar-refractivity contribution in [1.82, 2.24) is 4.98 Å². The second-order valence-electron chi connectivity index (χ2n) is 6.60. The molecule has 1 fully saturated rings. The van der Waals surface area contributed by atoms with Gasteiger partial charge < -0.3 is 9.84 Å². The van der Waals surface area contributed by atoms with Gasteiger partial charge in [-0.2, -0.15) is 0 Å². The van der Waals surface area contributed by atoms with E-state index in [2.05, 4.69) is 4.98 Å². The molecule has 150 valence electrons. The number of pyridine rings is 1. The number of rotatable bonds is 4. The Kier molecular flexibility index (Phi) is 5.02. The minimum Gasteiger partial charge on any atom is -0.507 e. The Balaban J connectivity index is 1.96. The first-order valence-corrected chi connectivity index (χ1v) is 9.14. The number of nitrogens with zero attached hydrogens (tertiary/aromatic N) is 2. The SMILES string of the molecule is COc1ccccc1/C(O)=C1/C(=O)C(=O)N(c2ccc(F)cc2)C1c1ccccn1. The predicted octanol–water partition coefficient (Wildman–Crippen LogP) is 3.86. The lowest BCUT2D eigenvalue weighted by molar-refractivity contribution is -0.132. The quantitative estimate of drug-likeness (QED) is 0.406. The minimum atomic E-state index is -0.985. The van der Waals surface area contributed by atoms with Crippen LogP contribution in [0.15, 0.2) is 78.5 Å². The Morgan fingerprint density at radius 1 is 1.03 bits per heavy atom. The Labute approximate surface area is 171 Å². The normalized spacial score (nSPS) is 17.9. The topological polar surface area (TPSA) is 79.7 Å². The van der Waals surface area contributed by atoms with Gasteiger partial charge in [0.2, 0.25) is 0 Å². The van der Waals surface area contributed by atoms with Gasteiger partial charge in [-0.05, 0) is 48.5 Å². The maximum atomic E-state index is 13.4. The number of benzene rings is 2. The van der Waals surface area contributed by atoms with Crippen molar-refractivity contribution in [1.29, 1.82) is 0 Å². The van der Waals surface area contributed by atoms with Gasteiger partial charge in [-0.3, -0.25) is 19.5 Å². The van der Waals surface area contributed by atoms with E-state index < -0.39 is 23.5 Å². The van der Waals surface area contributed by atoms with Crippen LogP contribution in [0.25, 0.3) is 5.76 Å². The van der Waals surface area contributed by atoms with Crippen LogP contribution in [0.3, 0.4) is 0 Å². The molecule has 1 aliphatic heterocycles. The number of para-hydroxylation sites is 1. The van der Waals surface area contributed by atoms with Crippen molar-refractivity contribution < 1.29 is 23.8 Å². The van der Waals surface area contributed by atoms with Gasteiger partial charge in [0.15, 0.2) is 0 Å². The molecule has 1 aromatic heterocycles. The van der Waals surface area contributed by atoms with Crippen LogP contribution in [0, 0.1) is 5.82 Å². The molecule has 1 saturated heterocycles. The Hall–Kier alpha value is -4.00. The highest BCUT2D eigenvalue weighted by Crippen LogP contribution is 2.42. The monoisotopic (exact) mass is 404 g/mol. The highest BCUT2D eigenvalue weighted by Gasteiger charge is 2.47. The van der Waals surface area contributed by atoms with Gasteiger partial charge in [-0.1, -0.05) is 18.2 Å². The first-order valence-electron chi connectivity index (χ1n) is 9.14. The second-order valence-corrected chi connectivity index (χ2v) is 6.60. The lowest BCUT2D eigenvalue weighted by Crippen LogP contribution is -2.29. The highest BCUT2D eigenvalue weighted by atomic mass is 19.1. The average Bonchev–Trinajstić information content (AvgIpc) is 3.05. The summed E-state index contributed by atoms with van der Waals surface area (Å²) in [6.45, 7) is 0. The lowest BCUT2D eigenvalue weighted by atomic mass is 9.97. The predicted molar refractivity (Wildman–Crippen MR) is 108 cm³/mol. The van der Waals surface area contributed by atoms with Crippen molar-refractivity contribution in [2.24, 2.45) is 0 Å². The van der Waals surface area contributed by atoms with Gasteiger partial charge in [0.1, 0.15) is 23.4 Å². The fourth-order valence-electron chi connectivity index (χ4n) is 3.50. The van der Waals surface area contributed by atoms with Crippen molar-refractivity contribution in [3.8, 4) is 5.75 Å². The van der Waals surface area contributed by atoms with Crippen LogP contribution in [-0.2, 0) is 9.59 Å². The van der Waals surface area contributed by atoms with Crippen LogP contribution >= 0.6 is 0 Å². The molecule has 1 aliphatic rings. The standard InChI is InChI=1S/C23H17FN2O4/c1-30-18-8-3-2-6-16(18)21(27)19-20(17-7-4-5-13-25-17)26(23(29)22(19)28)15-11-9-14(24)10-12-15/h2-13,20,27H,1H3/b21-19-. The number of ether oxygens (including phenoxy) is 1. The fraction of sp³-hybridized carbons (Fsp3) is 0.0870. The summed E-state index contributed by atoms with van der Waals surface area (Å²) in [4.78, 5) is 31.5. The third-order valence-electron chi connectivity index (χ3n) is 4.88. The average molecular weight is 404 g/mol. The number of aliphatic hydroxyl groups excluding tert-OH is 1. The first-order chi connectivity index (χ1) is 14.5. The van der Waals surface area contributed by atoms with Gasteiger partial charge in [-0.25, -0.2) is 4.39 Å². The van der Waals surface area contributed by atoms with Gasteiger partial charge in [-0.15, -0.1) is 0 Å². The molecule has 30 heavy (non-hydrogen) atoms. The molecule has 0 aliphatic carbocycles. The summed E-state index contributed by atoms with van der Waals surface area (Å²) in [7, 11) is 1.44.